The predicted octanol–water partition coefficient (Wildman–Crippen LogP) is 2.04. The van der Waals surface area contributed by atoms with Crippen molar-refractivity contribution in [3.8, 4) is 0 Å². The third kappa shape index (κ3) is 1.52. The molecule has 0 fully saturated rings. The van der Waals surface area contributed by atoms with Gasteiger partial charge in [0.1, 0.15) is 0 Å². The van der Waals surface area contributed by atoms with Gasteiger partial charge >= 0.3 is 0 Å². The topological polar surface area (TPSA) is 49.9 Å². The Kier molecular flexibility index (Phi) is 2.05. The molecular formula is C14H9NO2. The zero-order valence-electron chi connectivity index (χ0n) is 8.94. The summed E-state index contributed by atoms with van der Waals surface area (Å²) in [6.07, 6.45) is 0. The number of aromatic nitrogens is 1. The van der Waals surface area contributed by atoms with E-state index < -0.39 is 10.9 Å². The third-order valence-electron chi connectivity index (χ3n) is 2.81. The van der Waals surface area contributed by atoms with Crippen LogP contribution in [0.25, 0.3) is 21.8 Å². The van der Waals surface area contributed by atoms with Crippen LogP contribution in [0.15, 0.2) is 58.1 Å². The zero-order valence-corrected chi connectivity index (χ0v) is 8.94. The highest BCUT2D eigenvalue weighted by molar-refractivity contribution is 6.06. The fourth-order valence-electron chi connectivity index (χ4n) is 1.99. The van der Waals surface area contributed by atoms with Gasteiger partial charge in [-0.05, 0) is 18.2 Å². The molecule has 3 heteroatoms. The third-order valence-corrected chi connectivity index (χ3v) is 2.81. The summed E-state index contributed by atoms with van der Waals surface area (Å²) < 4.78 is 0. The molecule has 0 bridgehead atoms. The molecule has 0 aliphatic carbocycles. The summed E-state index contributed by atoms with van der Waals surface area (Å²) in [6, 6.07) is 14.1. The van der Waals surface area contributed by atoms with E-state index in [1.165, 1.54) is 12.1 Å². The Morgan fingerprint density at radius 3 is 2.35 bits per heavy atom. The van der Waals surface area contributed by atoms with Crippen LogP contribution in [0.2, 0.25) is 0 Å². The van der Waals surface area contributed by atoms with Gasteiger partial charge in [-0.25, -0.2) is 0 Å². The smallest absolute Gasteiger partial charge is 0.227 e. The minimum atomic E-state index is -0.490. The van der Waals surface area contributed by atoms with Crippen LogP contribution in [0.1, 0.15) is 0 Å². The van der Waals surface area contributed by atoms with Crippen LogP contribution < -0.4 is 10.9 Å². The van der Waals surface area contributed by atoms with Gasteiger partial charge in [0.15, 0.2) is 0 Å². The number of rotatable bonds is 0. The number of H-pyrrole nitrogens is 1. The fourth-order valence-corrected chi connectivity index (χ4v) is 1.99. The number of nitrogens with one attached hydrogen (secondary N) is 1. The predicted molar refractivity (Wildman–Crippen MR) is 68.3 cm³/mol. The van der Waals surface area contributed by atoms with Crippen LogP contribution in [0.3, 0.4) is 0 Å². The Labute approximate surface area is 96.3 Å². The average Bonchev–Trinajstić information content (AvgIpc) is 2.47. The summed E-state index contributed by atoms with van der Waals surface area (Å²) >= 11 is 0. The second-order valence-electron chi connectivity index (χ2n) is 3.90. The molecule has 3 aromatic rings. The highest BCUT2D eigenvalue weighted by Gasteiger charge is 2.02. The number of hydrogen-bond donors (Lipinski definition) is 1. The summed E-state index contributed by atoms with van der Waals surface area (Å²) in [5.74, 6) is 0. The summed E-state index contributed by atoms with van der Waals surface area (Å²) in [5.41, 5.74) is 0.667. The van der Waals surface area contributed by atoms with Crippen molar-refractivity contribution in [2.75, 3.05) is 0 Å². The van der Waals surface area contributed by atoms with E-state index in [9.17, 15) is 9.59 Å². The van der Waals surface area contributed by atoms with Crippen molar-refractivity contribution >= 4 is 21.8 Å². The van der Waals surface area contributed by atoms with Crippen LogP contribution in [0, 0.1) is 0 Å². The van der Waals surface area contributed by atoms with Gasteiger partial charge in [-0.15, -0.1) is 0 Å². The van der Waals surface area contributed by atoms with Crippen LogP contribution in [-0.2, 0) is 0 Å². The Balaban J connectivity index is 2.64. The highest BCUT2D eigenvalue weighted by atomic mass is 16.2. The van der Waals surface area contributed by atoms with Crippen LogP contribution in [-0.4, -0.2) is 4.98 Å². The molecular weight excluding hydrogens is 214 g/mol. The molecule has 2 aromatic carbocycles. The fraction of sp³-hybridized carbons (Fsp3) is 0. The Morgan fingerprint density at radius 2 is 1.47 bits per heavy atom. The molecule has 17 heavy (non-hydrogen) atoms. The van der Waals surface area contributed by atoms with Crippen LogP contribution >= 0.6 is 0 Å². The molecule has 0 unspecified atom stereocenters. The van der Waals surface area contributed by atoms with E-state index in [0.29, 0.717) is 5.52 Å². The monoisotopic (exact) mass is 223 g/mol. The van der Waals surface area contributed by atoms with Crippen molar-refractivity contribution in [2.24, 2.45) is 0 Å². The lowest BCUT2D eigenvalue weighted by Gasteiger charge is -1.80. The molecule has 3 rings (SSSR count). The van der Waals surface area contributed by atoms with Gasteiger partial charge in [0.2, 0.25) is 10.9 Å². The van der Waals surface area contributed by atoms with E-state index in [4.69, 9.17) is 0 Å². The largest absolute Gasteiger partial charge is 0.354 e. The molecule has 0 radical (unpaired) electrons. The molecule has 0 aliphatic heterocycles. The second kappa shape index (κ2) is 3.56. The number of hydrogen-bond acceptors (Lipinski definition) is 2. The molecule has 0 amide bonds. The quantitative estimate of drug-likeness (QED) is 0.593. The van der Waals surface area contributed by atoms with E-state index in [0.717, 1.165) is 16.3 Å². The van der Waals surface area contributed by atoms with Gasteiger partial charge in [-0.2, -0.15) is 0 Å². The molecule has 1 heterocycles. The molecule has 82 valence electrons. The first-order valence-corrected chi connectivity index (χ1v) is 5.31. The molecule has 0 spiro atoms. The van der Waals surface area contributed by atoms with Crippen molar-refractivity contribution in [1.82, 2.24) is 4.98 Å². The van der Waals surface area contributed by atoms with Gasteiger partial charge in [0.05, 0.1) is 5.52 Å². The maximum Gasteiger partial charge on any atom is 0.227 e. The lowest BCUT2D eigenvalue weighted by molar-refractivity contribution is 1.51. The van der Waals surface area contributed by atoms with Crippen molar-refractivity contribution < 1.29 is 0 Å². The molecule has 0 aliphatic rings. The maximum atomic E-state index is 11.4. The lowest BCUT2D eigenvalue weighted by atomic mass is 10.2. The van der Waals surface area contributed by atoms with E-state index in [2.05, 4.69) is 4.98 Å². The molecule has 1 N–H and O–H groups in total. The Hall–Kier alpha value is -2.42. The first-order chi connectivity index (χ1) is 8.25. The maximum absolute atomic E-state index is 11.4. The minimum Gasteiger partial charge on any atom is -0.354 e. The van der Waals surface area contributed by atoms with Crippen molar-refractivity contribution in [3.05, 3.63) is 69.0 Å². The van der Waals surface area contributed by atoms with E-state index in [-0.39, 0.29) is 0 Å². The van der Waals surface area contributed by atoms with Crippen molar-refractivity contribution in [1.29, 1.82) is 0 Å². The number of aromatic amines is 1. The SMILES string of the molecule is O=c1ccc2c(cc1=O)[nH]c1cccccc12. The molecule has 1 aromatic heterocycles. The second-order valence-corrected chi connectivity index (χ2v) is 3.90. The standard InChI is InChI=1S/C14H9NO2/c16-13-7-6-10-9-4-2-1-3-5-11(9)15-12(10)8-14(13)17/h1-8,15H. The first-order valence-electron chi connectivity index (χ1n) is 5.31. The van der Waals surface area contributed by atoms with Crippen LogP contribution in [0.5, 0.6) is 0 Å². The number of fused-ring (bicyclic) bond motifs is 3. The Morgan fingerprint density at radius 1 is 0.706 bits per heavy atom. The van der Waals surface area contributed by atoms with Gasteiger partial charge in [0.25, 0.3) is 0 Å². The summed E-state index contributed by atoms with van der Waals surface area (Å²) in [4.78, 5) is 25.9. The van der Waals surface area contributed by atoms with Gasteiger partial charge in [0, 0.05) is 22.4 Å². The lowest BCUT2D eigenvalue weighted by Crippen LogP contribution is -2.18. The Bertz CT molecular complexity index is 834. The van der Waals surface area contributed by atoms with Crippen LogP contribution in [0.4, 0.5) is 0 Å². The van der Waals surface area contributed by atoms with Gasteiger partial charge in [-0.1, -0.05) is 24.3 Å². The van der Waals surface area contributed by atoms with E-state index >= 15 is 0 Å². The van der Waals surface area contributed by atoms with E-state index in [1.807, 2.05) is 30.3 Å². The normalized spacial score (nSPS) is 10.8. The molecule has 0 saturated carbocycles. The summed E-state index contributed by atoms with van der Waals surface area (Å²) in [7, 11) is 0. The van der Waals surface area contributed by atoms with E-state index in [1.54, 1.807) is 6.07 Å². The highest BCUT2D eigenvalue weighted by Crippen LogP contribution is 2.21. The zero-order chi connectivity index (χ0) is 11.8. The minimum absolute atomic E-state index is 0.483. The van der Waals surface area contributed by atoms with Gasteiger partial charge < -0.3 is 4.98 Å². The average molecular weight is 223 g/mol. The summed E-state index contributed by atoms with van der Waals surface area (Å²) in [6.45, 7) is 0. The molecule has 3 nitrogen and oxygen atoms in total. The summed E-state index contributed by atoms with van der Waals surface area (Å²) in [5, 5.41) is 1.88. The molecule has 0 saturated heterocycles. The molecule has 0 atom stereocenters. The first kappa shape index (κ1) is 9.78. The van der Waals surface area contributed by atoms with Crippen molar-refractivity contribution in [2.45, 2.75) is 0 Å². The van der Waals surface area contributed by atoms with Crippen molar-refractivity contribution in [3.63, 3.8) is 0 Å². The van der Waals surface area contributed by atoms with Gasteiger partial charge in [-0.3, -0.25) is 9.59 Å².